The number of nitrogens with zero attached hydrogens (tertiary/aromatic N) is 2. The molecule has 7 heteroatoms. The lowest BCUT2D eigenvalue weighted by molar-refractivity contribution is -0.0211. The number of hydrogen-bond donors (Lipinski definition) is 0. The summed E-state index contributed by atoms with van der Waals surface area (Å²) in [5.41, 5.74) is 2.64. The summed E-state index contributed by atoms with van der Waals surface area (Å²) >= 11 is 12.5. The predicted octanol–water partition coefficient (Wildman–Crippen LogP) is 6.51. The zero-order valence-corrected chi connectivity index (χ0v) is 16.5. The van der Waals surface area contributed by atoms with Crippen LogP contribution in [0.5, 0.6) is 5.75 Å². The molecule has 0 N–H and O–H groups in total. The van der Waals surface area contributed by atoms with Crippen LogP contribution < -0.4 is 4.74 Å². The maximum Gasteiger partial charge on any atom is 0.218 e. The van der Waals surface area contributed by atoms with Gasteiger partial charge >= 0.3 is 0 Å². The first-order valence-electron chi connectivity index (χ1n) is 9.03. The summed E-state index contributed by atoms with van der Waals surface area (Å²) in [6.45, 7) is 0. The normalized spacial score (nSPS) is 20.0. The van der Waals surface area contributed by atoms with Crippen LogP contribution in [-0.4, -0.2) is 10.7 Å². The molecular formula is C22H14Cl2F2N2O. The molecule has 3 aromatic carbocycles. The van der Waals surface area contributed by atoms with Crippen LogP contribution in [0.2, 0.25) is 10.0 Å². The quantitative estimate of drug-likeness (QED) is 0.462. The lowest BCUT2D eigenvalue weighted by atomic mass is 9.96. The van der Waals surface area contributed by atoms with Gasteiger partial charge in [-0.15, -0.1) is 0 Å². The molecule has 0 aliphatic carbocycles. The molecule has 0 bridgehead atoms. The molecule has 2 aliphatic rings. The molecule has 0 spiro atoms. The highest BCUT2D eigenvalue weighted by Crippen LogP contribution is 2.49. The minimum Gasteiger partial charge on any atom is -0.464 e. The summed E-state index contributed by atoms with van der Waals surface area (Å²) in [6.07, 6.45) is -0.286. The van der Waals surface area contributed by atoms with Crippen LogP contribution in [-0.2, 0) is 0 Å². The Kier molecular flexibility index (Phi) is 4.45. The van der Waals surface area contributed by atoms with Crippen molar-refractivity contribution in [1.82, 2.24) is 5.01 Å². The SMILES string of the molecule is Fc1ccc(C2=NN3[C@H](C2)c2cc(Cl)ccc2O[C@@H]3c2c(F)cccc2Cl)cc1. The fourth-order valence-electron chi connectivity index (χ4n) is 3.81. The molecule has 0 aromatic heterocycles. The molecule has 29 heavy (non-hydrogen) atoms. The Labute approximate surface area is 176 Å². The number of rotatable bonds is 2. The maximum absolute atomic E-state index is 14.7. The summed E-state index contributed by atoms with van der Waals surface area (Å²) in [4.78, 5) is 0. The minimum absolute atomic E-state index is 0.210. The van der Waals surface area contributed by atoms with E-state index in [1.54, 1.807) is 41.4 Å². The molecule has 3 nitrogen and oxygen atoms in total. The predicted molar refractivity (Wildman–Crippen MR) is 108 cm³/mol. The molecule has 0 saturated heterocycles. The van der Waals surface area contributed by atoms with E-state index in [1.165, 1.54) is 18.2 Å². The summed E-state index contributed by atoms with van der Waals surface area (Å²) in [7, 11) is 0. The molecule has 5 rings (SSSR count). The van der Waals surface area contributed by atoms with E-state index in [-0.39, 0.29) is 22.4 Å². The number of ether oxygens (including phenoxy) is 1. The van der Waals surface area contributed by atoms with Crippen molar-refractivity contribution in [2.24, 2.45) is 5.10 Å². The van der Waals surface area contributed by atoms with Gasteiger partial charge in [0, 0.05) is 17.0 Å². The van der Waals surface area contributed by atoms with E-state index in [0.717, 1.165) is 16.8 Å². The Balaban J connectivity index is 1.64. The molecule has 146 valence electrons. The highest BCUT2D eigenvalue weighted by molar-refractivity contribution is 6.31. The summed E-state index contributed by atoms with van der Waals surface area (Å²) in [6, 6.07) is 15.8. The number of hydrogen-bond acceptors (Lipinski definition) is 3. The van der Waals surface area contributed by atoms with Crippen LogP contribution in [0, 0.1) is 11.6 Å². The first-order chi connectivity index (χ1) is 14.0. The Hall–Kier alpha value is -2.63. The molecule has 2 heterocycles. The van der Waals surface area contributed by atoms with Crippen molar-refractivity contribution in [1.29, 1.82) is 0 Å². The Morgan fingerprint density at radius 3 is 2.55 bits per heavy atom. The van der Waals surface area contributed by atoms with Crippen molar-refractivity contribution in [3.63, 3.8) is 0 Å². The zero-order valence-electron chi connectivity index (χ0n) is 14.9. The van der Waals surface area contributed by atoms with Gasteiger partial charge in [0.1, 0.15) is 17.4 Å². The van der Waals surface area contributed by atoms with Crippen LogP contribution >= 0.6 is 23.2 Å². The van der Waals surface area contributed by atoms with Crippen LogP contribution in [0.15, 0.2) is 65.8 Å². The topological polar surface area (TPSA) is 24.8 Å². The second kappa shape index (κ2) is 7.01. The highest BCUT2D eigenvalue weighted by Gasteiger charge is 2.42. The molecule has 2 atom stereocenters. The van der Waals surface area contributed by atoms with Gasteiger partial charge in [0.2, 0.25) is 6.23 Å². The second-order valence-corrected chi connectivity index (χ2v) is 7.78. The molecule has 3 aromatic rings. The van der Waals surface area contributed by atoms with E-state index in [0.29, 0.717) is 17.2 Å². The lowest BCUT2D eigenvalue weighted by Gasteiger charge is -2.38. The van der Waals surface area contributed by atoms with E-state index >= 15 is 0 Å². The maximum atomic E-state index is 14.7. The first-order valence-corrected chi connectivity index (χ1v) is 9.78. The Morgan fingerprint density at radius 1 is 1.00 bits per heavy atom. The van der Waals surface area contributed by atoms with E-state index in [9.17, 15) is 8.78 Å². The summed E-state index contributed by atoms with van der Waals surface area (Å²) < 4.78 is 34.2. The van der Waals surface area contributed by atoms with Gasteiger partial charge in [-0.2, -0.15) is 5.10 Å². The smallest absolute Gasteiger partial charge is 0.218 e. The Morgan fingerprint density at radius 2 is 1.79 bits per heavy atom. The monoisotopic (exact) mass is 430 g/mol. The third-order valence-corrected chi connectivity index (χ3v) is 5.74. The molecule has 0 fully saturated rings. The van der Waals surface area contributed by atoms with Gasteiger partial charge in [0.05, 0.1) is 22.3 Å². The van der Waals surface area contributed by atoms with Gasteiger partial charge in [0.25, 0.3) is 0 Å². The van der Waals surface area contributed by atoms with Crippen molar-refractivity contribution in [2.45, 2.75) is 18.7 Å². The molecule has 0 radical (unpaired) electrons. The molecule has 0 saturated carbocycles. The van der Waals surface area contributed by atoms with Crippen molar-refractivity contribution in [3.8, 4) is 5.75 Å². The molecule has 0 unspecified atom stereocenters. The second-order valence-electron chi connectivity index (χ2n) is 6.94. The minimum atomic E-state index is -0.833. The lowest BCUT2D eigenvalue weighted by Crippen LogP contribution is -2.34. The van der Waals surface area contributed by atoms with Crippen LogP contribution in [0.3, 0.4) is 0 Å². The van der Waals surface area contributed by atoms with Gasteiger partial charge in [0.15, 0.2) is 0 Å². The van der Waals surface area contributed by atoms with Crippen LogP contribution in [0.1, 0.15) is 35.4 Å². The number of fused-ring (bicyclic) bond motifs is 3. The first kappa shape index (κ1) is 18.4. The summed E-state index contributed by atoms with van der Waals surface area (Å²) in [5, 5.41) is 7.26. The highest BCUT2D eigenvalue weighted by atomic mass is 35.5. The number of halogens is 4. The van der Waals surface area contributed by atoms with Gasteiger partial charge in [-0.1, -0.05) is 41.4 Å². The van der Waals surface area contributed by atoms with Crippen molar-refractivity contribution >= 4 is 28.9 Å². The number of benzene rings is 3. The Bertz CT molecular complexity index is 1110. The third kappa shape index (κ3) is 3.15. The van der Waals surface area contributed by atoms with Gasteiger partial charge in [-0.05, 0) is 48.0 Å². The average molecular weight is 431 g/mol. The fourth-order valence-corrected chi connectivity index (χ4v) is 4.25. The van der Waals surface area contributed by atoms with Crippen molar-refractivity contribution in [3.05, 3.63) is 99.0 Å². The fraction of sp³-hybridized carbons (Fsp3) is 0.136. The summed E-state index contributed by atoms with van der Waals surface area (Å²) in [5.74, 6) is -0.179. The van der Waals surface area contributed by atoms with Crippen LogP contribution in [0.4, 0.5) is 8.78 Å². The van der Waals surface area contributed by atoms with E-state index in [1.807, 2.05) is 6.07 Å². The largest absolute Gasteiger partial charge is 0.464 e. The molecule has 0 amide bonds. The van der Waals surface area contributed by atoms with E-state index < -0.39 is 12.0 Å². The van der Waals surface area contributed by atoms with Gasteiger partial charge in [-0.3, -0.25) is 0 Å². The van der Waals surface area contributed by atoms with Gasteiger partial charge in [-0.25, -0.2) is 13.8 Å². The average Bonchev–Trinajstić information content (AvgIpc) is 3.14. The van der Waals surface area contributed by atoms with E-state index in [4.69, 9.17) is 33.0 Å². The standard InChI is InChI=1S/C22H14Cl2F2N2O/c23-13-6-9-20-15(10-13)19-11-18(12-4-7-14(25)8-5-12)27-28(19)22(29-20)21-16(24)2-1-3-17(21)26/h1-10,19,22H,11H2/t19-,22-/m1/s1. The number of hydrazone groups is 1. The third-order valence-electron chi connectivity index (χ3n) is 5.18. The van der Waals surface area contributed by atoms with Crippen LogP contribution in [0.25, 0.3) is 0 Å². The zero-order chi connectivity index (χ0) is 20.1. The van der Waals surface area contributed by atoms with E-state index in [2.05, 4.69) is 0 Å². The molecular weight excluding hydrogens is 417 g/mol. The van der Waals surface area contributed by atoms with Crippen molar-refractivity contribution in [2.75, 3.05) is 0 Å². The van der Waals surface area contributed by atoms with Gasteiger partial charge < -0.3 is 4.74 Å². The van der Waals surface area contributed by atoms with Crippen molar-refractivity contribution < 1.29 is 13.5 Å². The molecule has 2 aliphatic heterocycles.